The second-order valence-electron chi connectivity index (χ2n) is 8.75. The summed E-state index contributed by atoms with van der Waals surface area (Å²) in [6.07, 6.45) is 0.162. The fourth-order valence-electron chi connectivity index (χ4n) is 4.05. The Morgan fingerprint density at radius 2 is 1.88 bits per heavy atom. The average Bonchev–Trinajstić information content (AvgIpc) is 2.97. The van der Waals surface area contributed by atoms with Gasteiger partial charge in [0.1, 0.15) is 23.3 Å². The molecule has 0 aliphatic carbocycles. The highest BCUT2D eigenvalue weighted by atomic mass is 32.2. The standard InChI is InChI=1S/C23H26F4N2O4S/c1-4-22(2,31)21(30)29-13-23(26,27)20(28-34(3,32)33)18(29)12-15-8-6-10-17(19(15)25)14-7-5-9-16(24)11-14/h5-11,18,20,28,31H,4,12-13H2,1-3H3/t18-,20+,22?/m0/s1. The molecule has 1 unspecified atom stereocenters. The van der Waals surface area contributed by atoms with Gasteiger partial charge in [-0.1, -0.05) is 37.3 Å². The van der Waals surface area contributed by atoms with Crippen molar-refractivity contribution in [2.24, 2.45) is 0 Å². The van der Waals surface area contributed by atoms with Crippen LogP contribution in [0.5, 0.6) is 0 Å². The second kappa shape index (κ2) is 9.27. The van der Waals surface area contributed by atoms with Gasteiger partial charge in [-0.15, -0.1) is 0 Å². The maximum absolute atomic E-state index is 15.4. The van der Waals surface area contributed by atoms with Crippen molar-refractivity contribution in [3.8, 4) is 11.1 Å². The van der Waals surface area contributed by atoms with E-state index in [2.05, 4.69) is 0 Å². The van der Waals surface area contributed by atoms with Crippen LogP contribution in [0.25, 0.3) is 11.1 Å². The molecular formula is C23H26F4N2O4S. The number of likely N-dealkylation sites (tertiary alicyclic amines) is 1. The second-order valence-corrected chi connectivity index (χ2v) is 10.5. The fraction of sp³-hybridized carbons (Fsp3) is 0.435. The number of rotatable bonds is 7. The zero-order chi connectivity index (χ0) is 25.5. The molecule has 1 saturated heterocycles. The number of alkyl halides is 2. The van der Waals surface area contributed by atoms with E-state index in [4.69, 9.17) is 0 Å². The van der Waals surface area contributed by atoms with Crippen LogP contribution >= 0.6 is 0 Å². The third-order valence-electron chi connectivity index (χ3n) is 6.02. The minimum absolute atomic E-state index is 0.0211. The van der Waals surface area contributed by atoms with Gasteiger partial charge in [-0.25, -0.2) is 30.7 Å². The van der Waals surface area contributed by atoms with Crippen molar-refractivity contribution in [3.63, 3.8) is 0 Å². The molecule has 1 fully saturated rings. The van der Waals surface area contributed by atoms with Crippen LogP contribution in [0, 0.1) is 11.6 Å². The zero-order valence-corrected chi connectivity index (χ0v) is 19.7. The zero-order valence-electron chi connectivity index (χ0n) is 18.9. The molecule has 186 valence electrons. The topological polar surface area (TPSA) is 86.7 Å². The first-order valence-corrected chi connectivity index (χ1v) is 12.5. The lowest BCUT2D eigenvalue weighted by molar-refractivity contribution is -0.151. The van der Waals surface area contributed by atoms with Crippen molar-refractivity contribution in [2.45, 2.75) is 50.3 Å². The third kappa shape index (κ3) is 5.42. The van der Waals surface area contributed by atoms with Gasteiger partial charge in [0.2, 0.25) is 10.0 Å². The van der Waals surface area contributed by atoms with Crippen LogP contribution in [0.3, 0.4) is 0 Å². The number of hydrogen-bond acceptors (Lipinski definition) is 4. The number of sulfonamides is 1. The summed E-state index contributed by atoms with van der Waals surface area (Å²) in [5.41, 5.74) is -1.80. The minimum Gasteiger partial charge on any atom is -0.380 e. The molecule has 0 aromatic heterocycles. The van der Waals surface area contributed by atoms with Crippen molar-refractivity contribution < 1.29 is 35.9 Å². The van der Waals surface area contributed by atoms with E-state index in [9.17, 15) is 31.5 Å². The molecular weight excluding hydrogens is 476 g/mol. The average molecular weight is 503 g/mol. The number of aliphatic hydroxyl groups is 1. The summed E-state index contributed by atoms with van der Waals surface area (Å²) in [4.78, 5) is 13.6. The fourth-order valence-corrected chi connectivity index (χ4v) is 4.84. The van der Waals surface area contributed by atoms with Crippen LogP contribution in [-0.2, 0) is 21.2 Å². The van der Waals surface area contributed by atoms with E-state index >= 15 is 4.39 Å². The van der Waals surface area contributed by atoms with Gasteiger partial charge < -0.3 is 10.0 Å². The van der Waals surface area contributed by atoms with Gasteiger partial charge in [-0.3, -0.25) is 4.79 Å². The number of carbonyl (C=O) groups excluding carboxylic acids is 1. The molecule has 11 heteroatoms. The van der Waals surface area contributed by atoms with Gasteiger partial charge in [0.15, 0.2) is 0 Å². The first-order chi connectivity index (χ1) is 15.7. The first-order valence-electron chi connectivity index (χ1n) is 10.6. The lowest BCUT2D eigenvalue weighted by atomic mass is 9.94. The van der Waals surface area contributed by atoms with Crippen molar-refractivity contribution in [1.29, 1.82) is 0 Å². The molecule has 0 radical (unpaired) electrons. The van der Waals surface area contributed by atoms with E-state index in [0.29, 0.717) is 11.2 Å². The molecule has 34 heavy (non-hydrogen) atoms. The van der Waals surface area contributed by atoms with Crippen LogP contribution in [0.15, 0.2) is 42.5 Å². The monoisotopic (exact) mass is 502 g/mol. The Morgan fingerprint density at radius 3 is 2.47 bits per heavy atom. The highest BCUT2D eigenvalue weighted by Gasteiger charge is 2.58. The minimum atomic E-state index is -4.13. The lowest BCUT2D eigenvalue weighted by Crippen LogP contribution is -2.54. The molecule has 3 rings (SSSR count). The molecule has 1 aliphatic heterocycles. The van der Waals surface area contributed by atoms with Crippen molar-refractivity contribution in [2.75, 3.05) is 12.8 Å². The highest BCUT2D eigenvalue weighted by Crippen LogP contribution is 2.37. The Kier molecular flexibility index (Phi) is 7.12. The molecule has 0 bridgehead atoms. The Bertz CT molecular complexity index is 1190. The first kappa shape index (κ1) is 26.1. The van der Waals surface area contributed by atoms with E-state index in [0.717, 1.165) is 6.07 Å². The SMILES string of the molecule is CCC(C)(O)C(=O)N1CC(F)(F)[C@H](NS(C)(=O)=O)[C@@H]1Cc1cccc(-c2cccc(F)c2)c1F. The predicted molar refractivity (Wildman–Crippen MR) is 119 cm³/mol. The van der Waals surface area contributed by atoms with Crippen LogP contribution < -0.4 is 4.72 Å². The molecule has 1 amide bonds. The van der Waals surface area contributed by atoms with Crippen molar-refractivity contribution >= 4 is 15.9 Å². The number of nitrogens with zero attached hydrogens (tertiary/aromatic N) is 1. The van der Waals surface area contributed by atoms with Crippen LogP contribution in [-0.4, -0.2) is 60.7 Å². The third-order valence-corrected chi connectivity index (χ3v) is 6.70. The van der Waals surface area contributed by atoms with Crippen LogP contribution in [0.1, 0.15) is 25.8 Å². The van der Waals surface area contributed by atoms with Crippen molar-refractivity contribution in [3.05, 3.63) is 59.7 Å². The molecule has 0 spiro atoms. The van der Waals surface area contributed by atoms with Gasteiger partial charge >= 0.3 is 0 Å². The smallest absolute Gasteiger partial charge is 0.283 e. The number of benzene rings is 2. The van der Waals surface area contributed by atoms with Crippen LogP contribution in [0.4, 0.5) is 17.6 Å². The summed E-state index contributed by atoms with van der Waals surface area (Å²) in [5.74, 6) is -6.09. The maximum Gasteiger partial charge on any atom is 0.283 e. The van der Waals surface area contributed by atoms with E-state index in [1.165, 1.54) is 50.2 Å². The van der Waals surface area contributed by atoms with Gasteiger partial charge in [0.05, 0.1) is 18.8 Å². The Labute approximate surface area is 195 Å². The number of halogens is 4. The van der Waals surface area contributed by atoms with Crippen molar-refractivity contribution in [1.82, 2.24) is 9.62 Å². The van der Waals surface area contributed by atoms with E-state index < -0.39 is 64.1 Å². The van der Waals surface area contributed by atoms with Gasteiger partial charge in [0, 0.05) is 5.56 Å². The summed E-state index contributed by atoms with van der Waals surface area (Å²) in [6, 6.07) is 5.83. The largest absolute Gasteiger partial charge is 0.380 e. The molecule has 2 aromatic rings. The molecule has 6 nitrogen and oxygen atoms in total. The van der Waals surface area contributed by atoms with E-state index in [-0.39, 0.29) is 23.1 Å². The number of hydrogen-bond donors (Lipinski definition) is 2. The maximum atomic E-state index is 15.4. The normalized spacial score (nSPS) is 21.9. The molecule has 1 aliphatic rings. The van der Waals surface area contributed by atoms with E-state index in [1.54, 1.807) is 0 Å². The number of carbonyl (C=O) groups is 1. The summed E-state index contributed by atoms with van der Waals surface area (Å²) in [7, 11) is -4.13. The predicted octanol–water partition coefficient (Wildman–Crippen LogP) is 3.10. The quantitative estimate of drug-likeness (QED) is 0.570. The Balaban J connectivity index is 2.07. The molecule has 3 atom stereocenters. The molecule has 2 N–H and O–H groups in total. The Morgan fingerprint density at radius 1 is 1.24 bits per heavy atom. The lowest BCUT2D eigenvalue weighted by Gasteiger charge is -2.33. The molecule has 2 aromatic carbocycles. The summed E-state index contributed by atoms with van der Waals surface area (Å²) >= 11 is 0. The highest BCUT2D eigenvalue weighted by molar-refractivity contribution is 7.88. The Hall–Kier alpha value is -2.50. The summed E-state index contributed by atoms with van der Waals surface area (Å²) in [6.45, 7) is 1.52. The summed E-state index contributed by atoms with van der Waals surface area (Å²) in [5, 5.41) is 10.4. The molecule has 1 heterocycles. The molecule has 0 saturated carbocycles. The number of nitrogens with one attached hydrogen (secondary N) is 1. The van der Waals surface area contributed by atoms with Gasteiger partial charge in [-0.05, 0) is 43.0 Å². The van der Waals surface area contributed by atoms with E-state index in [1.807, 2.05) is 4.72 Å². The van der Waals surface area contributed by atoms with Crippen LogP contribution in [0.2, 0.25) is 0 Å². The van der Waals surface area contributed by atoms with Gasteiger partial charge in [0.25, 0.3) is 11.8 Å². The number of amides is 1. The summed E-state index contributed by atoms with van der Waals surface area (Å²) < 4.78 is 84.5. The van der Waals surface area contributed by atoms with Gasteiger partial charge in [-0.2, -0.15) is 0 Å².